The number of methoxy groups -OCH3 is 1. The molecule has 0 unspecified atom stereocenters. The van der Waals surface area contributed by atoms with Crippen LogP contribution in [0.4, 0.5) is 5.69 Å². The van der Waals surface area contributed by atoms with Crippen LogP contribution < -0.4 is 19.5 Å². The number of nitrogens with one attached hydrogen (secondary N) is 1. The van der Waals surface area contributed by atoms with Crippen molar-refractivity contribution in [3.8, 4) is 17.2 Å². The van der Waals surface area contributed by atoms with Gasteiger partial charge in [0.1, 0.15) is 12.4 Å². The molecule has 0 aromatic heterocycles. The largest absolute Gasteiger partial charge is 0.491 e. The highest BCUT2D eigenvalue weighted by molar-refractivity contribution is 6.30. The molecule has 2 aliphatic rings. The van der Waals surface area contributed by atoms with Crippen LogP contribution in [0.1, 0.15) is 60.0 Å². The first-order chi connectivity index (χ1) is 19.9. The highest BCUT2D eigenvalue weighted by Gasteiger charge is 2.36. The molecule has 0 spiro atoms. The van der Waals surface area contributed by atoms with Crippen LogP contribution >= 0.6 is 11.6 Å². The van der Waals surface area contributed by atoms with Crippen LogP contribution in [-0.4, -0.2) is 51.0 Å². The van der Waals surface area contributed by atoms with Crippen molar-refractivity contribution in [2.75, 3.05) is 45.5 Å². The zero-order valence-electron chi connectivity index (χ0n) is 24.3. The molecule has 2 heterocycles. The molecule has 3 aromatic carbocycles. The zero-order chi connectivity index (χ0) is 28.9. The van der Waals surface area contributed by atoms with E-state index in [1.165, 1.54) is 5.56 Å². The minimum atomic E-state index is -0.0238. The summed E-state index contributed by atoms with van der Waals surface area (Å²) in [5.74, 6) is 2.65. The number of hydrogen-bond donors (Lipinski definition) is 1. The van der Waals surface area contributed by atoms with E-state index in [4.69, 9.17) is 30.5 Å². The molecule has 1 N–H and O–H groups in total. The van der Waals surface area contributed by atoms with E-state index in [2.05, 4.69) is 49.2 Å². The Labute approximate surface area is 247 Å². The molecular formula is C33H39ClN2O5. The number of carbonyl (C=O) groups is 1. The van der Waals surface area contributed by atoms with Gasteiger partial charge in [0.2, 0.25) is 12.7 Å². The van der Waals surface area contributed by atoms with E-state index in [-0.39, 0.29) is 31.2 Å². The van der Waals surface area contributed by atoms with Gasteiger partial charge >= 0.3 is 0 Å². The standard InChI is InChI=1S/C33H39ClN2O5/c1-5-22-15-26(34)16-23(6-2)32(22)35-31(37)19-36-18-25(28-11-12-30-33(21(28)3)41-20-40-30)17-29(36)24-7-9-27(10-8-24)39-14-13-38-4/h7-12,15-16,25,29H,5-6,13-14,17-20H2,1-4H3,(H,35,37)/t25-,29-/m1/s1. The van der Waals surface area contributed by atoms with Crippen molar-refractivity contribution in [2.45, 2.75) is 52.0 Å². The van der Waals surface area contributed by atoms with Crippen LogP contribution in [0.25, 0.3) is 0 Å². The maximum atomic E-state index is 13.6. The van der Waals surface area contributed by atoms with E-state index in [0.717, 1.165) is 71.0 Å². The molecule has 0 bridgehead atoms. The van der Waals surface area contributed by atoms with Crippen LogP contribution in [0.15, 0.2) is 48.5 Å². The number of benzene rings is 3. The highest BCUT2D eigenvalue weighted by atomic mass is 35.5. The second-order valence-electron chi connectivity index (χ2n) is 10.7. The van der Waals surface area contributed by atoms with E-state index in [1.807, 2.05) is 30.3 Å². The van der Waals surface area contributed by atoms with Crippen LogP contribution in [0.3, 0.4) is 0 Å². The lowest BCUT2D eigenvalue weighted by Crippen LogP contribution is -2.33. The molecule has 2 aliphatic heterocycles. The Morgan fingerprint density at radius 3 is 2.46 bits per heavy atom. The number of amides is 1. The minimum absolute atomic E-state index is 0.0238. The first-order valence-electron chi connectivity index (χ1n) is 14.4. The fourth-order valence-electron chi connectivity index (χ4n) is 6.06. The number of hydrogen-bond acceptors (Lipinski definition) is 6. The molecule has 41 heavy (non-hydrogen) atoms. The van der Waals surface area contributed by atoms with Gasteiger partial charge in [0.15, 0.2) is 11.5 Å². The molecule has 1 fully saturated rings. The third kappa shape index (κ3) is 6.48. The Morgan fingerprint density at radius 1 is 1.05 bits per heavy atom. The maximum Gasteiger partial charge on any atom is 0.238 e. The molecule has 3 aromatic rings. The first kappa shape index (κ1) is 29.2. The number of aryl methyl sites for hydroxylation is 2. The summed E-state index contributed by atoms with van der Waals surface area (Å²) in [4.78, 5) is 15.9. The van der Waals surface area contributed by atoms with Gasteiger partial charge in [-0.2, -0.15) is 0 Å². The van der Waals surface area contributed by atoms with Gasteiger partial charge in [0, 0.05) is 30.4 Å². The van der Waals surface area contributed by atoms with Crippen LogP contribution in [0.5, 0.6) is 17.2 Å². The number of carbonyl (C=O) groups excluding carboxylic acids is 1. The predicted octanol–water partition coefficient (Wildman–Crippen LogP) is 6.70. The second-order valence-corrected chi connectivity index (χ2v) is 11.1. The van der Waals surface area contributed by atoms with E-state index in [1.54, 1.807) is 7.11 Å². The first-order valence-corrected chi connectivity index (χ1v) is 14.8. The molecule has 7 nitrogen and oxygen atoms in total. The number of anilines is 1. The lowest BCUT2D eigenvalue weighted by Gasteiger charge is -2.25. The zero-order valence-corrected chi connectivity index (χ0v) is 25.1. The van der Waals surface area contributed by atoms with Crippen LogP contribution in [0, 0.1) is 6.92 Å². The Balaban J connectivity index is 1.39. The number of rotatable bonds is 11. The Bertz CT molecular complexity index is 1350. The van der Waals surface area contributed by atoms with Crippen molar-refractivity contribution in [3.63, 3.8) is 0 Å². The van der Waals surface area contributed by atoms with Gasteiger partial charge in [-0.15, -0.1) is 0 Å². The normalized spacial score (nSPS) is 18.1. The molecule has 1 saturated heterocycles. The van der Waals surface area contributed by atoms with E-state index in [0.29, 0.717) is 18.2 Å². The minimum Gasteiger partial charge on any atom is -0.491 e. The maximum absolute atomic E-state index is 13.6. The summed E-state index contributed by atoms with van der Waals surface area (Å²) in [6.45, 7) is 8.59. The third-order valence-corrected chi connectivity index (χ3v) is 8.35. The van der Waals surface area contributed by atoms with Crippen LogP contribution in [0.2, 0.25) is 5.02 Å². The van der Waals surface area contributed by atoms with Crippen molar-refractivity contribution >= 4 is 23.2 Å². The van der Waals surface area contributed by atoms with E-state index >= 15 is 0 Å². The fraction of sp³-hybridized carbons (Fsp3) is 0.424. The Morgan fingerprint density at radius 2 is 1.78 bits per heavy atom. The van der Waals surface area contributed by atoms with Crippen molar-refractivity contribution < 1.29 is 23.7 Å². The van der Waals surface area contributed by atoms with Crippen LogP contribution in [-0.2, 0) is 22.4 Å². The summed E-state index contributed by atoms with van der Waals surface area (Å²) < 4.78 is 22.2. The molecule has 8 heteroatoms. The van der Waals surface area contributed by atoms with E-state index < -0.39 is 0 Å². The van der Waals surface area contributed by atoms with Gasteiger partial charge in [0.25, 0.3) is 0 Å². The molecule has 5 rings (SSSR count). The summed E-state index contributed by atoms with van der Waals surface area (Å²) >= 11 is 6.36. The lowest BCUT2D eigenvalue weighted by atomic mass is 9.90. The number of halogens is 1. The number of fused-ring (bicyclic) bond motifs is 1. The summed E-state index contributed by atoms with van der Waals surface area (Å²) in [5.41, 5.74) is 6.50. The van der Waals surface area contributed by atoms with Gasteiger partial charge in [-0.05, 0) is 90.3 Å². The van der Waals surface area contributed by atoms with Gasteiger partial charge in [-0.25, -0.2) is 0 Å². The van der Waals surface area contributed by atoms with Crippen molar-refractivity contribution in [2.24, 2.45) is 0 Å². The van der Waals surface area contributed by atoms with Gasteiger partial charge in [0.05, 0.1) is 13.2 Å². The summed E-state index contributed by atoms with van der Waals surface area (Å²) in [5, 5.41) is 3.94. The molecule has 218 valence electrons. The smallest absolute Gasteiger partial charge is 0.238 e. The summed E-state index contributed by atoms with van der Waals surface area (Å²) in [6, 6.07) is 16.3. The predicted molar refractivity (Wildman–Crippen MR) is 162 cm³/mol. The molecule has 2 atom stereocenters. The van der Waals surface area contributed by atoms with Crippen molar-refractivity contribution in [1.29, 1.82) is 0 Å². The number of nitrogens with zero attached hydrogens (tertiary/aromatic N) is 1. The van der Waals surface area contributed by atoms with Gasteiger partial charge in [-0.1, -0.05) is 43.6 Å². The quantitative estimate of drug-likeness (QED) is 0.255. The molecule has 0 saturated carbocycles. The van der Waals surface area contributed by atoms with E-state index in [9.17, 15) is 4.79 Å². The molecule has 0 aliphatic carbocycles. The third-order valence-electron chi connectivity index (χ3n) is 8.13. The lowest BCUT2D eigenvalue weighted by molar-refractivity contribution is -0.117. The second kappa shape index (κ2) is 13.1. The summed E-state index contributed by atoms with van der Waals surface area (Å²) in [7, 11) is 1.66. The van der Waals surface area contributed by atoms with Crippen molar-refractivity contribution in [1.82, 2.24) is 4.90 Å². The molecular weight excluding hydrogens is 540 g/mol. The Hall–Kier alpha value is -3.26. The average molecular weight is 579 g/mol. The molecule has 1 amide bonds. The number of ether oxygens (including phenoxy) is 4. The SMILES string of the molecule is CCc1cc(Cl)cc(CC)c1NC(=O)CN1C[C@H](c2ccc3c(c2C)OCO3)C[C@@H]1c1ccc(OCCOC)cc1. The van der Waals surface area contributed by atoms with Gasteiger partial charge < -0.3 is 24.3 Å². The summed E-state index contributed by atoms with van der Waals surface area (Å²) in [6.07, 6.45) is 2.47. The number of likely N-dealkylation sites (tertiary alicyclic amines) is 1. The van der Waals surface area contributed by atoms with Gasteiger partial charge in [-0.3, -0.25) is 9.69 Å². The molecule has 0 radical (unpaired) electrons. The van der Waals surface area contributed by atoms with Crippen molar-refractivity contribution in [3.05, 3.63) is 81.4 Å². The topological polar surface area (TPSA) is 69.3 Å². The fourth-order valence-corrected chi connectivity index (χ4v) is 6.32. The highest BCUT2D eigenvalue weighted by Crippen LogP contribution is 2.45. The Kier molecular flexibility index (Phi) is 9.38. The monoisotopic (exact) mass is 578 g/mol. The average Bonchev–Trinajstić information content (AvgIpc) is 3.62.